The van der Waals surface area contributed by atoms with Gasteiger partial charge in [-0.15, -0.1) is 0 Å². The van der Waals surface area contributed by atoms with Gasteiger partial charge in [0.1, 0.15) is 17.7 Å². The maximum absolute atomic E-state index is 10.0. The molecule has 4 N–H and O–H groups in total. The fourth-order valence-electron chi connectivity index (χ4n) is 4.60. The number of aliphatic hydroxyl groups excluding tert-OH is 1. The number of hydrogen-bond acceptors (Lipinski definition) is 10. The molecule has 1 fully saturated rings. The lowest BCUT2D eigenvalue weighted by Gasteiger charge is -2.33. The van der Waals surface area contributed by atoms with Crippen LogP contribution in [0.1, 0.15) is 26.0 Å². The molecule has 10 nitrogen and oxygen atoms in total. The van der Waals surface area contributed by atoms with Crippen molar-refractivity contribution in [3.63, 3.8) is 0 Å². The molecule has 1 aliphatic heterocycles. The zero-order valence-electron chi connectivity index (χ0n) is 23.1. The molecule has 3 heterocycles. The van der Waals surface area contributed by atoms with Crippen molar-refractivity contribution < 1.29 is 19.3 Å². The zero-order chi connectivity index (χ0) is 28.8. The summed E-state index contributed by atoms with van der Waals surface area (Å²) in [6, 6.07) is 3.62. The highest BCUT2D eigenvalue weighted by Gasteiger charge is 2.28. The Bertz CT molecular complexity index is 1310. The number of aliphatic hydroxyl groups is 1. The summed E-state index contributed by atoms with van der Waals surface area (Å²) >= 11 is 13.4. The molecule has 1 aliphatic rings. The molecule has 1 saturated heterocycles. The summed E-state index contributed by atoms with van der Waals surface area (Å²) in [7, 11) is 3.07. The lowest BCUT2D eigenvalue weighted by Crippen LogP contribution is -2.53. The topological polar surface area (TPSA) is 123 Å². The molecule has 1 aromatic carbocycles. The molecule has 2 aromatic heterocycles. The second kappa shape index (κ2) is 13.8. The van der Waals surface area contributed by atoms with Crippen LogP contribution in [0.3, 0.4) is 0 Å². The van der Waals surface area contributed by atoms with Crippen molar-refractivity contribution in [1.82, 2.24) is 25.6 Å². The van der Waals surface area contributed by atoms with Crippen LogP contribution in [0.4, 0.5) is 5.95 Å². The van der Waals surface area contributed by atoms with Gasteiger partial charge in [0.25, 0.3) is 0 Å². The van der Waals surface area contributed by atoms with Crippen LogP contribution in [0.2, 0.25) is 10.0 Å². The van der Waals surface area contributed by atoms with Gasteiger partial charge in [-0.1, -0.05) is 43.6 Å². The van der Waals surface area contributed by atoms with E-state index in [1.54, 1.807) is 12.3 Å². The highest BCUT2D eigenvalue weighted by Crippen LogP contribution is 2.46. The van der Waals surface area contributed by atoms with E-state index in [0.717, 1.165) is 17.5 Å². The summed E-state index contributed by atoms with van der Waals surface area (Å²) in [4.78, 5) is 14.4. The Morgan fingerprint density at radius 1 is 1.15 bits per heavy atom. The number of anilines is 1. The van der Waals surface area contributed by atoms with Crippen molar-refractivity contribution in [2.75, 3.05) is 39.3 Å². The van der Waals surface area contributed by atoms with E-state index in [1.165, 1.54) is 20.3 Å². The van der Waals surface area contributed by atoms with Crippen molar-refractivity contribution in [2.24, 2.45) is 0 Å². The first-order valence-corrected chi connectivity index (χ1v) is 13.9. The fraction of sp³-hybridized carbons (Fsp3) is 0.464. The van der Waals surface area contributed by atoms with Crippen LogP contribution in [0.25, 0.3) is 22.2 Å². The van der Waals surface area contributed by atoms with Crippen LogP contribution in [0, 0.1) is 0 Å². The lowest BCUT2D eigenvalue weighted by molar-refractivity contribution is 0.0507. The first-order valence-electron chi connectivity index (χ1n) is 13.2. The number of benzene rings is 1. The average Bonchev–Trinajstić information content (AvgIpc) is 2.94. The van der Waals surface area contributed by atoms with Crippen LogP contribution >= 0.6 is 23.2 Å². The fourth-order valence-corrected chi connectivity index (χ4v) is 5.29. The maximum atomic E-state index is 10.0. The van der Waals surface area contributed by atoms with Gasteiger partial charge in [-0.3, -0.25) is 10.3 Å². The predicted octanol–water partition coefficient (Wildman–Crippen LogP) is 4.22. The molecule has 216 valence electrons. The first kappa shape index (κ1) is 30.2. The number of rotatable bonds is 12. The Hall–Kier alpha value is -2.73. The zero-order valence-corrected chi connectivity index (χ0v) is 24.6. The quantitative estimate of drug-likeness (QED) is 0.180. The van der Waals surface area contributed by atoms with E-state index < -0.39 is 6.23 Å². The van der Waals surface area contributed by atoms with E-state index in [2.05, 4.69) is 41.4 Å². The largest absolute Gasteiger partial charge is 0.495 e. The number of nitrogens with zero attached hydrogens (tertiary/aromatic N) is 3. The predicted molar refractivity (Wildman–Crippen MR) is 159 cm³/mol. The number of aromatic nitrogens is 3. The number of halogens is 2. The molecular weight excluding hydrogens is 555 g/mol. The van der Waals surface area contributed by atoms with Gasteiger partial charge in [0.2, 0.25) is 5.95 Å². The van der Waals surface area contributed by atoms with Gasteiger partial charge in [0, 0.05) is 54.9 Å². The Labute approximate surface area is 244 Å². The SMILES string of the molecule is C=CC(O)N[C@H]1CCOC[C@H]1Nc1ncc2cc(-c3c(Cl)c(OC)cc(OC)c3Cl)nc(CCNC(C)C)c2n1. The molecule has 40 heavy (non-hydrogen) atoms. The Kier molecular flexibility index (Phi) is 10.4. The molecule has 0 amide bonds. The van der Waals surface area contributed by atoms with E-state index >= 15 is 0 Å². The molecule has 0 aliphatic carbocycles. The maximum Gasteiger partial charge on any atom is 0.223 e. The van der Waals surface area contributed by atoms with Crippen molar-refractivity contribution in [3.8, 4) is 22.8 Å². The van der Waals surface area contributed by atoms with Crippen molar-refractivity contribution in [3.05, 3.63) is 46.7 Å². The van der Waals surface area contributed by atoms with Crippen molar-refractivity contribution in [1.29, 1.82) is 0 Å². The minimum absolute atomic E-state index is 0.0522. The molecule has 3 atom stereocenters. The number of methoxy groups -OCH3 is 2. The van der Waals surface area contributed by atoms with Crippen molar-refractivity contribution >= 4 is 40.1 Å². The smallest absolute Gasteiger partial charge is 0.223 e. The average molecular weight is 592 g/mol. The lowest BCUT2D eigenvalue weighted by atomic mass is 10.0. The van der Waals surface area contributed by atoms with Crippen LogP contribution in [0.5, 0.6) is 11.5 Å². The minimum atomic E-state index is -0.818. The van der Waals surface area contributed by atoms with Crippen LogP contribution in [-0.2, 0) is 11.2 Å². The number of pyridine rings is 1. The Balaban J connectivity index is 1.76. The van der Waals surface area contributed by atoms with Gasteiger partial charge in [-0.2, -0.15) is 0 Å². The summed E-state index contributed by atoms with van der Waals surface area (Å²) in [5.74, 6) is 1.30. The van der Waals surface area contributed by atoms with Gasteiger partial charge < -0.3 is 30.0 Å². The highest BCUT2D eigenvalue weighted by atomic mass is 35.5. The molecule has 0 saturated carbocycles. The van der Waals surface area contributed by atoms with Crippen LogP contribution in [0.15, 0.2) is 31.0 Å². The third-order valence-electron chi connectivity index (χ3n) is 6.66. The molecule has 1 unspecified atom stereocenters. The number of fused-ring (bicyclic) bond motifs is 1. The summed E-state index contributed by atoms with van der Waals surface area (Å²) in [5.41, 5.74) is 2.54. The Morgan fingerprint density at radius 3 is 2.52 bits per heavy atom. The third-order valence-corrected chi connectivity index (χ3v) is 7.41. The first-order chi connectivity index (χ1) is 19.2. The second-order valence-electron chi connectivity index (χ2n) is 9.80. The molecule has 12 heteroatoms. The van der Waals surface area contributed by atoms with E-state index in [0.29, 0.717) is 76.5 Å². The monoisotopic (exact) mass is 590 g/mol. The second-order valence-corrected chi connectivity index (χ2v) is 10.6. The van der Waals surface area contributed by atoms with Gasteiger partial charge in [0.15, 0.2) is 0 Å². The molecular formula is C28H36Cl2N6O4. The number of hydrogen-bond donors (Lipinski definition) is 4. The van der Waals surface area contributed by atoms with E-state index in [-0.39, 0.29) is 12.1 Å². The van der Waals surface area contributed by atoms with Gasteiger partial charge >= 0.3 is 0 Å². The molecule has 4 rings (SSSR count). The number of ether oxygens (including phenoxy) is 3. The minimum Gasteiger partial charge on any atom is -0.495 e. The summed E-state index contributed by atoms with van der Waals surface area (Å²) < 4.78 is 16.6. The van der Waals surface area contributed by atoms with Gasteiger partial charge in [-0.25, -0.2) is 9.97 Å². The standard InChI is InChI=1S/C28H36Cl2N6O4/c1-6-23(37)34-17-8-10-40-14-20(17)35-28-32-13-16-11-19(33-18(27(16)36-28)7-9-31-15(2)3)24-25(29)21(38-4)12-22(39-5)26(24)30/h6,11-13,15,17,20,23,31,34,37H,1,7-10,14H2,2-5H3,(H,32,35,36)/t17-,20+,23?/m0/s1. The normalized spacial score (nSPS) is 18.1. The summed E-state index contributed by atoms with van der Waals surface area (Å²) in [5, 5.41) is 21.5. The van der Waals surface area contributed by atoms with Gasteiger partial charge in [-0.05, 0) is 18.6 Å². The summed E-state index contributed by atoms with van der Waals surface area (Å²) in [6.45, 7) is 9.56. The molecule has 0 spiro atoms. The highest BCUT2D eigenvalue weighted by molar-refractivity contribution is 6.41. The molecule has 0 bridgehead atoms. The van der Waals surface area contributed by atoms with E-state index in [4.69, 9.17) is 47.4 Å². The molecule has 0 radical (unpaired) electrons. The van der Waals surface area contributed by atoms with E-state index in [9.17, 15) is 5.11 Å². The van der Waals surface area contributed by atoms with Crippen LogP contribution in [-0.4, -0.2) is 78.4 Å². The van der Waals surface area contributed by atoms with Crippen LogP contribution < -0.4 is 25.4 Å². The summed E-state index contributed by atoms with van der Waals surface area (Å²) in [6.07, 6.45) is 3.72. The number of nitrogens with one attached hydrogen (secondary N) is 3. The van der Waals surface area contributed by atoms with Gasteiger partial charge in [0.05, 0.1) is 53.8 Å². The molecule has 3 aromatic rings. The van der Waals surface area contributed by atoms with E-state index in [1.807, 2.05) is 6.07 Å². The van der Waals surface area contributed by atoms with Crippen molar-refractivity contribution in [2.45, 2.75) is 51.0 Å². The Morgan fingerprint density at radius 2 is 1.88 bits per heavy atom. The third kappa shape index (κ3) is 6.94.